The Morgan fingerprint density at radius 3 is 2.86 bits per heavy atom. The lowest BCUT2D eigenvalue weighted by molar-refractivity contribution is -0.117. The zero-order valence-electron chi connectivity index (χ0n) is 12.3. The van der Waals surface area contributed by atoms with Crippen molar-refractivity contribution in [2.24, 2.45) is 0 Å². The van der Waals surface area contributed by atoms with Crippen molar-refractivity contribution in [1.29, 1.82) is 0 Å². The number of benzene rings is 1. The molecule has 5 nitrogen and oxygen atoms in total. The molecule has 1 unspecified atom stereocenters. The molecular formula is C16H16ClN3O2. The summed E-state index contributed by atoms with van der Waals surface area (Å²) >= 11 is 6.16. The quantitative estimate of drug-likeness (QED) is 0.870. The first-order valence-electron chi connectivity index (χ1n) is 7.52. The number of carbonyl (C=O) groups excluding carboxylic acids is 1. The van der Waals surface area contributed by atoms with E-state index in [0.29, 0.717) is 29.8 Å². The highest BCUT2D eigenvalue weighted by molar-refractivity contribution is 6.31. The minimum Gasteiger partial charge on any atom is -0.339 e. The SMILES string of the molecule is Cc1ccc(N2CC(c3nc(C4CC4)no3)CC2=O)cc1Cl. The maximum absolute atomic E-state index is 12.3. The molecule has 0 spiro atoms. The van der Waals surface area contributed by atoms with Gasteiger partial charge >= 0.3 is 0 Å². The van der Waals surface area contributed by atoms with Crippen LogP contribution in [0.1, 0.15) is 48.4 Å². The molecule has 1 amide bonds. The van der Waals surface area contributed by atoms with Gasteiger partial charge in [0.05, 0.1) is 5.92 Å². The zero-order chi connectivity index (χ0) is 15.3. The minimum atomic E-state index is -0.0346. The van der Waals surface area contributed by atoms with Crippen LogP contribution in [0.25, 0.3) is 0 Å². The Labute approximate surface area is 133 Å². The van der Waals surface area contributed by atoms with Crippen LogP contribution < -0.4 is 4.90 Å². The summed E-state index contributed by atoms with van der Waals surface area (Å²) in [6.07, 6.45) is 2.67. The summed E-state index contributed by atoms with van der Waals surface area (Å²) in [4.78, 5) is 18.5. The van der Waals surface area contributed by atoms with Crippen LogP contribution >= 0.6 is 11.6 Å². The fourth-order valence-electron chi connectivity index (χ4n) is 2.79. The summed E-state index contributed by atoms with van der Waals surface area (Å²) in [6, 6.07) is 5.68. The van der Waals surface area contributed by atoms with Gasteiger partial charge in [0, 0.05) is 29.6 Å². The van der Waals surface area contributed by atoms with Gasteiger partial charge in [0.2, 0.25) is 11.8 Å². The van der Waals surface area contributed by atoms with E-state index in [4.69, 9.17) is 16.1 Å². The Morgan fingerprint density at radius 2 is 2.14 bits per heavy atom. The summed E-state index contributed by atoms with van der Waals surface area (Å²) in [5, 5.41) is 4.70. The largest absolute Gasteiger partial charge is 0.339 e. The van der Waals surface area contributed by atoms with Crippen LogP contribution in [0.3, 0.4) is 0 Å². The van der Waals surface area contributed by atoms with E-state index in [0.717, 1.165) is 29.9 Å². The summed E-state index contributed by atoms with van der Waals surface area (Å²) in [6.45, 7) is 2.50. The highest BCUT2D eigenvalue weighted by Gasteiger charge is 2.37. The third-order valence-electron chi connectivity index (χ3n) is 4.34. The number of halogens is 1. The van der Waals surface area contributed by atoms with Crippen LogP contribution in [-0.2, 0) is 4.79 Å². The van der Waals surface area contributed by atoms with Gasteiger partial charge < -0.3 is 9.42 Å². The molecule has 0 bridgehead atoms. The third-order valence-corrected chi connectivity index (χ3v) is 4.75. The van der Waals surface area contributed by atoms with Gasteiger partial charge in [0.25, 0.3) is 0 Å². The Balaban J connectivity index is 1.55. The van der Waals surface area contributed by atoms with Crippen molar-refractivity contribution < 1.29 is 9.32 Å². The van der Waals surface area contributed by atoms with Gasteiger partial charge in [-0.3, -0.25) is 4.79 Å². The molecule has 0 N–H and O–H groups in total. The topological polar surface area (TPSA) is 59.2 Å². The number of hydrogen-bond donors (Lipinski definition) is 0. The summed E-state index contributed by atoms with van der Waals surface area (Å²) in [5.74, 6) is 1.86. The molecule has 2 aliphatic rings. The first-order chi connectivity index (χ1) is 10.6. The number of anilines is 1. The van der Waals surface area contributed by atoms with Crippen molar-refractivity contribution in [3.63, 3.8) is 0 Å². The summed E-state index contributed by atoms with van der Waals surface area (Å²) in [5.41, 5.74) is 1.82. The summed E-state index contributed by atoms with van der Waals surface area (Å²) < 4.78 is 5.36. The molecule has 22 heavy (non-hydrogen) atoms. The van der Waals surface area contributed by atoms with Gasteiger partial charge in [-0.05, 0) is 37.5 Å². The number of aryl methyl sites for hydroxylation is 1. The molecule has 114 valence electrons. The number of amides is 1. The molecule has 1 atom stereocenters. The molecule has 6 heteroatoms. The van der Waals surface area contributed by atoms with Crippen molar-refractivity contribution in [3.05, 3.63) is 40.5 Å². The highest BCUT2D eigenvalue weighted by Crippen LogP contribution is 2.39. The monoisotopic (exact) mass is 317 g/mol. The van der Waals surface area contributed by atoms with Crippen LogP contribution in [0.2, 0.25) is 5.02 Å². The molecule has 0 radical (unpaired) electrons. The van der Waals surface area contributed by atoms with E-state index < -0.39 is 0 Å². The van der Waals surface area contributed by atoms with Gasteiger partial charge in [0.1, 0.15) is 0 Å². The van der Waals surface area contributed by atoms with Crippen molar-refractivity contribution in [3.8, 4) is 0 Å². The van der Waals surface area contributed by atoms with E-state index >= 15 is 0 Å². The average molecular weight is 318 g/mol. The molecule has 1 saturated heterocycles. The predicted molar refractivity (Wildman–Crippen MR) is 82.2 cm³/mol. The zero-order valence-corrected chi connectivity index (χ0v) is 13.0. The first kappa shape index (κ1) is 13.8. The number of hydrogen-bond acceptors (Lipinski definition) is 4. The highest BCUT2D eigenvalue weighted by atomic mass is 35.5. The lowest BCUT2D eigenvalue weighted by Crippen LogP contribution is -2.24. The first-order valence-corrected chi connectivity index (χ1v) is 7.89. The smallest absolute Gasteiger partial charge is 0.232 e. The second-order valence-corrected chi connectivity index (χ2v) is 6.51. The number of rotatable bonds is 3. The van der Waals surface area contributed by atoms with Gasteiger partial charge in [-0.2, -0.15) is 4.98 Å². The van der Waals surface area contributed by atoms with E-state index in [2.05, 4.69) is 10.1 Å². The van der Waals surface area contributed by atoms with Crippen LogP contribution in [0.4, 0.5) is 5.69 Å². The summed E-state index contributed by atoms with van der Waals surface area (Å²) in [7, 11) is 0. The predicted octanol–water partition coefficient (Wildman–Crippen LogP) is 3.43. The molecule has 2 heterocycles. The van der Waals surface area contributed by atoms with E-state index in [1.54, 1.807) is 4.90 Å². The van der Waals surface area contributed by atoms with Crippen LogP contribution in [0.15, 0.2) is 22.7 Å². The number of aromatic nitrogens is 2. The van der Waals surface area contributed by atoms with Crippen molar-refractivity contribution in [2.45, 2.75) is 38.0 Å². The normalized spacial score (nSPS) is 21.6. The van der Waals surface area contributed by atoms with Crippen LogP contribution in [0, 0.1) is 6.92 Å². The second-order valence-electron chi connectivity index (χ2n) is 6.10. The van der Waals surface area contributed by atoms with Gasteiger partial charge in [-0.15, -0.1) is 0 Å². The number of carbonyl (C=O) groups is 1. The third kappa shape index (κ3) is 2.39. The Bertz CT molecular complexity index is 739. The van der Waals surface area contributed by atoms with E-state index in [1.807, 2.05) is 25.1 Å². The van der Waals surface area contributed by atoms with Crippen LogP contribution in [0.5, 0.6) is 0 Å². The van der Waals surface area contributed by atoms with Crippen molar-refractivity contribution in [1.82, 2.24) is 10.1 Å². The van der Waals surface area contributed by atoms with Gasteiger partial charge in [0.15, 0.2) is 5.82 Å². The average Bonchev–Trinajstić information content (AvgIpc) is 3.10. The fourth-order valence-corrected chi connectivity index (χ4v) is 2.97. The van der Waals surface area contributed by atoms with Crippen molar-refractivity contribution in [2.75, 3.05) is 11.4 Å². The van der Waals surface area contributed by atoms with E-state index in [1.165, 1.54) is 0 Å². The Hall–Kier alpha value is -1.88. The van der Waals surface area contributed by atoms with Gasteiger partial charge in [-0.1, -0.05) is 22.8 Å². The maximum atomic E-state index is 12.3. The minimum absolute atomic E-state index is 0.0346. The van der Waals surface area contributed by atoms with Crippen LogP contribution in [-0.4, -0.2) is 22.6 Å². The molecule has 2 aromatic rings. The Kier molecular flexibility index (Phi) is 3.18. The number of nitrogens with zero attached hydrogens (tertiary/aromatic N) is 3. The second kappa shape index (κ2) is 5.09. The standard InChI is InChI=1S/C16H16ClN3O2/c1-9-2-5-12(7-13(9)17)20-8-11(6-14(20)21)16-18-15(19-22-16)10-3-4-10/h2,5,7,10-11H,3-4,6,8H2,1H3. The molecular weight excluding hydrogens is 302 g/mol. The molecule has 1 aromatic carbocycles. The maximum Gasteiger partial charge on any atom is 0.232 e. The molecule has 1 aromatic heterocycles. The van der Waals surface area contributed by atoms with Crippen molar-refractivity contribution >= 4 is 23.2 Å². The Morgan fingerprint density at radius 1 is 1.32 bits per heavy atom. The fraction of sp³-hybridized carbons (Fsp3) is 0.438. The van der Waals surface area contributed by atoms with Gasteiger partial charge in [-0.25, -0.2) is 0 Å². The van der Waals surface area contributed by atoms with E-state index in [9.17, 15) is 4.79 Å². The lowest BCUT2D eigenvalue weighted by Gasteiger charge is -2.17. The van der Waals surface area contributed by atoms with E-state index in [-0.39, 0.29) is 11.8 Å². The molecule has 1 aliphatic carbocycles. The lowest BCUT2D eigenvalue weighted by atomic mass is 10.1. The molecule has 4 rings (SSSR count). The molecule has 2 fully saturated rings. The molecule has 1 saturated carbocycles. The molecule has 1 aliphatic heterocycles.